The Bertz CT molecular complexity index is 698. The molecule has 6 heteroatoms. The minimum absolute atomic E-state index is 0.225. The average Bonchev–Trinajstić information content (AvgIpc) is 2.55. The number of ether oxygens (including phenoxy) is 1. The molecule has 1 N–H and O–H groups in total. The molecule has 5 nitrogen and oxygen atoms in total. The molecule has 22 heavy (non-hydrogen) atoms. The molecule has 0 aliphatic carbocycles. The molecule has 0 radical (unpaired) electrons. The maximum atomic E-state index is 11.1. The Hall–Kier alpha value is -2.52. The minimum atomic E-state index is -0.225. The Morgan fingerprint density at radius 3 is 2.95 bits per heavy atom. The molecule has 0 aliphatic heterocycles. The van der Waals surface area contributed by atoms with Gasteiger partial charge in [-0.2, -0.15) is 5.26 Å². The van der Waals surface area contributed by atoms with Gasteiger partial charge < -0.3 is 10.1 Å². The Labute approximate surface area is 133 Å². The van der Waals surface area contributed by atoms with E-state index >= 15 is 0 Å². The van der Waals surface area contributed by atoms with Crippen molar-refractivity contribution in [1.82, 2.24) is 4.98 Å². The number of anilines is 2. The number of esters is 1. The summed E-state index contributed by atoms with van der Waals surface area (Å²) in [7, 11) is 1.38. The second-order valence-corrected chi connectivity index (χ2v) is 5.40. The Morgan fingerprint density at radius 2 is 2.18 bits per heavy atom. The molecule has 2 rings (SSSR count). The first-order valence-electron chi connectivity index (χ1n) is 6.59. The molecule has 0 unspecified atom stereocenters. The van der Waals surface area contributed by atoms with E-state index in [9.17, 15) is 4.79 Å². The maximum absolute atomic E-state index is 11.1. The normalized spacial score (nSPS) is 9.82. The van der Waals surface area contributed by atoms with Crippen LogP contribution in [0, 0.1) is 11.3 Å². The first-order chi connectivity index (χ1) is 10.7. The number of rotatable bonds is 6. The third-order valence-electron chi connectivity index (χ3n) is 2.78. The fourth-order valence-electron chi connectivity index (χ4n) is 1.76. The van der Waals surface area contributed by atoms with Gasteiger partial charge >= 0.3 is 5.97 Å². The van der Waals surface area contributed by atoms with Crippen molar-refractivity contribution in [2.75, 3.05) is 18.2 Å². The van der Waals surface area contributed by atoms with Gasteiger partial charge in [0.2, 0.25) is 0 Å². The number of nitriles is 1. The quantitative estimate of drug-likeness (QED) is 0.826. The van der Waals surface area contributed by atoms with Crippen molar-refractivity contribution in [2.45, 2.75) is 5.75 Å². The topological polar surface area (TPSA) is 75.0 Å². The van der Waals surface area contributed by atoms with Crippen molar-refractivity contribution in [3.63, 3.8) is 0 Å². The zero-order chi connectivity index (χ0) is 15.8. The van der Waals surface area contributed by atoms with Crippen LogP contribution in [0.2, 0.25) is 0 Å². The zero-order valence-corrected chi connectivity index (χ0v) is 12.9. The van der Waals surface area contributed by atoms with Crippen molar-refractivity contribution < 1.29 is 9.53 Å². The highest BCUT2D eigenvalue weighted by atomic mass is 32.2. The summed E-state index contributed by atoms with van der Waals surface area (Å²) in [5.41, 5.74) is 2.35. The van der Waals surface area contributed by atoms with E-state index in [0.29, 0.717) is 17.3 Å². The lowest BCUT2D eigenvalue weighted by Crippen LogP contribution is -2.03. The van der Waals surface area contributed by atoms with Gasteiger partial charge in [0.15, 0.2) is 0 Å². The van der Waals surface area contributed by atoms with Gasteiger partial charge in [0.1, 0.15) is 17.6 Å². The summed E-state index contributed by atoms with van der Waals surface area (Å²) in [5.74, 6) is 1.45. The van der Waals surface area contributed by atoms with Gasteiger partial charge in [0.05, 0.1) is 12.9 Å². The summed E-state index contributed by atoms with van der Waals surface area (Å²) in [6.07, 6.45) is 0. The summed E-state index contributed by atoms with van der Waals surface area (Å²) in [6.45, 7) is 0. The molecule has 0 saturated carbocycles. The van der Waals surface area contributed by atoms with Crippen LogP contribution in [0.1, 0.15) is 11.3 Å². The molecule has 1 aromatic carbocycles. The average molecular weight is 313 g/mol. The highest BCUT2D eigenvalue weighted by molar-refractivity contribution is 7.99. The van der Waals surface area contributed by atoms with Gasteiger partial charge in [-0.3, -0.25) is 4.79 Å². The number of methoxy groups -OCH3 is 1. The van der Waals surface area contributed by atoms with Crippen molar-refractivity contribution in [1.29, 1.82) is 5.26 Å². The van der Waals surface area contributed by atoms with Crippen LogP contribution in [0.15, 0.2) is 42.5 Å². The largest absolute Gasteiger partial charge is 0.468 e. The zero-order valence-electron chi connectivity index (χ0n) is 12.1. The number of carbonyl (C=O) groups excluding carboxylic acids is 1. The second-order valence-electron chi connectivity index (χ2n) is 4.41. The van der Waals surface area contributed by atoms with Crippen LogP contribution in [0.5, 0.6) is 0 Å². The molecule has 0 saturated heterocycles. The molecule has 1 aromatic heterocycles. The number of nitrogens with one attached hydrogen (secondary N) is 1. The first-order valence-corrected chi connectivity index (χ1v) is 7.74. The summed E-state index contributed by atoms with van der Waals surface area (Å²) >= 11 is 1.50. The molecule has 2 aromatic rings. The second kappa shape index (κ2) is 8.05. The van der Waals surface area contributed by atoms with E-state index in [1.165, 1.54) is 18.9 Å². The molecule has 0 fully saturated rings. The van der Waals surface area contributed by atoms with Crippen molar-refractivity contribution in [3.05, 3.63) is 53.7 Å². The molecule has 112 valence electrons. The third kappa shape index (κ3) is 4.79. The lowest BCUT2D eigenvalue weighted by atomic mass is 10.2. The lowest BCUT2D eigenvalue weighted by molar-refractivity contribution is -0.137. The Morgan fingerprint density at radius 1 is 1.36 bits per heavy atom. The lowest BCUT2D eigenvalue weighted by Gasteiger charge is -2.08. The molecule has 0 aliphatic rings. The van der Waals surface area contributed by atoms with Crippen LogP contribution >= 0.6 is 11.8 Å². The number of hydrogen-bond acceptors (Lipinski definition) is 6. The minimum Gasteiger partial charge on any atom is -0.468 e. The molecular weight excluding hydrogens is 298 g/mol. The van der Waals surface area contributed by atoms with Crippen LogP contribution < -0.4 is 5.32 Å². The summed E-state index contributed by atoms with van der Waals surface area (Å²) in [4.78, 5) is 15.3. The molecule has 1 heterocycles. The smallest absolute Gasteiger partial charge is 0.315 e. The standard InChI is InChI=1S/C16H15N3O2S/c1-21-16(20)11-22-10-12-4-2-5-13(8-12)18-15-7-3-6-14(9-17)19-15/h2-8H,10-11H2,1H3,(H,18,19). The fraction of sp³-hybridized carbons (Fsp3) is 0.188. The van der Waals surface area contributed by atoms with E-state index < -0.39 is 0 Å². The number of thioether (sulfide) groups is 1. The van der Waals surface area contributed by atoms with Crippen LogP contribution in [0.4, 0.5) is 11.5 Å². The van der Waals surface area contributed by atoms with E-state index in [1.807, 2.05) is 30.3 Å². The van der Waals surface area contributed by atoms with Gasteiger partial charge in [-0.05, 0) is 29.8 Å². The van der Waals surface area contributed by atoms with Crippen molar-refractivity contribution >= 4 is 29.2 Å². The van der Waals surface area contributed by atoms with Crippen LogP contribution in [-0.2, 0) is 15.3 Å². The van der Waals surface area contributed by atoms with Crippen LogP contribution in [-0.4, -0.2) is 23.8 Å². The van der Waals surface area contributed by atoms with E-state index in [0.717, 1.165) is 17.0 Å². The predicted octanol–water partition coefficient (Wildman–Crippen LogP) is 3.10. The van der Waals surface area contributed by atoms with Crippen molar-refractivity contribution in [2.24, 2.45) is 0 Å². The van der Waals surface area contributed by atoms with Crippen molar-refractivity contribution in [3.8, 4) is 6.07 Å². The number of carbonyl (C=O) groups is 1. The highest BCUT2D eigenvalue weighted by Gasteiger charge is 2.03. The van der Waals surface area contributed by atoms with Gasteiger partial charge in [0.25, 0.3) is 0 Å². The molecule has 0 bridgehead atoms. The number of hydrogen-bond donors (Lipinski definition) is 1. The van der Waals surface area contributed by atoms with E-state index in [2.05, 4.69) is 15.0 Å². The molecular formula is C16H15N3O2S. The van der Waals surface area contributed by atoms with Gasteiger partial charge in [-0.25, -0.2) is 4.98 Å². The monoisotopic (exact) mass is 313 g/mol. The third-order valence-corrected chi connectivity index (χ3v) is 3.76. The summed E-state index contributed by atoms with van der Waals surface area (Å²) in [6, 6.07) is 15.1. The molecule has 0 amide bonds. The van der Waals surface area contributed by atoms with Crippen LogP contribution in [0.3, 0.4) is 0 Å². The number of pyridine rings is 1. The van der Waals surface area contributed by atoms with Gasteiger partial charge in [-0.1, -0.05) is 18.2 Å². The Balaban J connectivity index is 1.99. The van der Waals surface area contributed by atoms with Crippen LogP contribution in [0.25, 0.3) is 0 Å². The Kier molecular flexibility index (Phi) is 5.81. The van der Waals surface area contributed by atoms with Gasteiger partial charge in [0, 0.05) is 11.4 Å². The molecule has 0 atom stereocenters. The van der Waals surface area contributed by atoms with E-state index in [4.69, 9.17) is 5.26 Å². The summed E-state index contributed by atoms with van der Waals surface area (Å²) in [5, 5.41) is 12.0. The van der Waals surface area contributed by atoms with E-state index in [1.54, 1.807) is 18.2 Å². The molecule has 0 spiro atoms. The highest BCUT2D eigenvalue weighted by Crippen LogP contribution is 2.19. The maximum Gasteiger partial charge on any atom is 0.315 e. The van der Waals surface area contributed by atoms with E-state index in [-0.39, 0.29) is 5.97 Å². The SMILES string of the molecule is COC(=O)CSCc1cccc(Nc2cccc(C#N)n2)c1. The first kappa shape index (κ1) is 15.9. The number of benzene rings is 1. The fourth-order valence-corrected chi connectivity index (χ4v) is 2.57. The number of nitrogens with zero attached hydrogens (tertiary/aromatic N) is 2. The number of aromatic nitrogens is 1. The summed E-state index contributed by atoms with van der Waals surface area (Å²) < 4.78 is 4.61. The predicted molar refractivity (Wildman–Crippen MR) is 86.9 cm³/mol. The van der Waals surface area contributed by atoms with Gasteiger partial charge in [-0.15, -0.1) is 11.8 Å².